The molecule has 0 aliphatic carbocycles. The van der Waals surface area contributed by atoms with Crippen LogP contribution in [0.3, 0.4) is 0 Å². The first-order valence-electron chi connectivity index (χ1n) is 9.30. The minimum absolute atomic E-state index is 0.103. The quantitative estimate of drug-likeness (QED) is 0.406. The molecule has 0 atom stereocenters. The molecular weight excluding hydrogens is 404 g/mol. The number of alkyl halides is 1. The lowest BCUT2D eigenvalue weighted by atomic mass is 9.98. The largest absolute Gasteiger partial charge is 0.497 e. The molecule has 0 unspecified atom stereocenters. The molecule has 0 aliphatic rings. The molecule has 0 saturated heterocycles. The third-order valence-electron chi connectivity index (χ3n) is 4.49. The summed E-state index contributed by atoms with van der Waals surface area (Å²) in [5, 5.41) is 0.325. The van der Waals surface area contributed by atoms with Gasteiger partial charge < -0.3 is 9.30 Å². The molecule has 0 bridgehead atoms. The van der Waals surface area contributed by atoms with Crippen LogP contribution < -0.4 is 4.74 Å². The van der Waals surface area contributed by atoms with E-state index < -0.39 is 0 Å². The summed E-state index contributed by atoms with van der Waals surface area (Å²) in [4.78, 5) is 17.2. The van der Waals surface area contributed by atoms with Gasteiger partial charge in [0.05, 0.1) is 18.1 Å². The molecule has 2 aromatic rings. The lowest BCUT2D eigenvalue weighted by molar-refractivity contribution is -0.113. The summed E-state index contributed by atoms with van der Waals surface area (Å²) >= 11 is 3.29. The van der Waals surface area contributed by atoms with Gasteiger partial charge in [-0.05, 0) is 37.0 Å². The number of rotatable bonds is 8. The van der Waals surface area contributed by atoms with Crippen LogP contribution in [0.25, 0.3) is 17.5 Å². The van der Waals surface area contributed by atoms with Crippen LogP contribution in [0.4, 0.5) is 0 Å². The minimum atomic E-state index is 0.103. The summed E-state index contributed by atoms with van der Waals surface area (Å²) in [5.74, 6) is 2.43. The average molecular weight is 433 g/mol. The maximum absolute atomic E-state index is 12.3. The van der Waals surface area contributed by atoms with Crippen molar-refractivity contribution in [1.29, 1.82) is 0 Å². The highest BCUT2D eigenvalue weighted by Crippen LogP contribution is 2.28. The van der Waals surface area contributed by atoms with Crippen LogP contribution in [-0.2, 0) is 11.3 Å². The lowest BCUT2D eigenvalue weighted by Crippen LogP contribution is -2.10. The third kappa shape index (κ3) is 5.10. The molecule has 5 heteroatoms. The Hall–Kier alpha value is -1.88. The number of aromatic nitrogens is 2. The van der Waals surface area contributed by atoms with E-state index in [9.17, 15) is 4.79 Å². The zero-order valence-corrected chi connectivity index (χ0v) is 18.6. The number of ketones is 1. The Bertz CT molecular complexity index is 835. The number of benzene rings is 1. The molecule has 0 aliphatic heterocycles. The molecule has 27 heavy (non-hydrogen) atoms. The summed E-state index contributed by atoms with van der Waals surface area (Å²) in [7, 11) is 1.67. The molecule has 0 spiro atoms. The van der Waals surface area contributed by atoms with E-state index in [0.717, 1.165) is 40.6 Å². The third-order valence-corrected chi connectivity index (χ3v) is 5.00. The summed E-state index contributed by atoms with van der Waals surface area (Å²) in [6.45, 7) is 11.4. The van der Waals surface area contributed by atoms with Crippen LogP contribution in [0.1, 0.15) is 39.1 Å². The highest BCUT2D eigenvalue weighted by atomic mass is 79.9. The molecule has 0 amide bonds. The Morgan fingerprint density at radius 1 is 1.30 bits per heavy atom. The van der Waals surface area contributed by atoms with Gasteiger partial charge in [0.2, 0.25) is 0 Å². The van der Waals surface area contributed by atoms with Gasteiger partial charge in [-0.1, -0.05) is 55.8 Å². The first-order valence-corrected chi connectivity index (χ1v) is 10.4. The van der Waals surface area contributed by atoms with Gasteiger partial charge in [-0.25, -0.2) is 4.98 Å². The maximum Gasteiger partial charge on any atom is 0.169 e. The molecule has 0 N–H and O–H groups in total. The van der Waals surface area contributed by atoms with E-state index >= 15 is 0 Å². The second kappa shape index (κ2) is 9.36. The van der Waals surface area contributed by atoms with E-state index in [4.69, 9.17) is 9.72 Å². The number of Topliss-reactive ketones (excluding diaryl/α,β-unsaturated/α-hetero) is 1. The number of hydrogen-bond donors (Lipinski definition) is 0. The van der Waals surface area contributed by atoms with Crippen molar-refractivity contribution in [3.63, 3.8) is 0 Å². The van der Waals surface area contributed by atoms with Gasteiger partial charge in [0.15, 0.2) is 5.78 Å². The summed E-state index contributed by atoms with van der Waals surface area (Å²) in [6, 6.07) is 7.94. The smallest absolute Gasteiger partial charge is 0.169 e. The Labute approximate surface area is 170 Å². The van der Waals surface area contributed by atoms with Crippen molar-refractivity contribution < 1.29 is 9.53 Å². The minimum Gasteiger partial charge on any atom is -0.497 e. The topological polar surface area (TPSA) is 44.1 Å². The van der Waals surface area contributed by atoms with E-state index in [-0.39, 0.29) is 11.7 Å². The Balaban J connectivity index is 2.64. The molecule has 1 heterocycles. The van der Waals surface area contributed by atoms with Crippen LogP contribution in [0.2, 0.25) is 0 Å². The monoisotopic (exact) mass is 432 g/mol. The lowest BCUT2D eigenvalue weighted by Gasteiger charge is -2.13. The average Bonchev–Trinajstić information content (AvgIpc) is 2.94. The summed E-state index contributed by atoms with van der Waals surface area (Å²) in [5.41, 5.74) is 3.73. The van der Waals surface area contributed by atoms with Crippen molar-refractivity contribution in [2.24, 2.45) is 11.8 Å². The first kappa shape index (κ1) is 21.4. The van der Waals surface area contributed by atoms with E-state index in [1.54, 1.807) is 7.11 Å². The van der Waals surface area contributed by atoms with Gasteiger partial charge in [-0.3, -0.25) is 4.79 Å². The zero-order valence-electron chi connectivity index (χ0n) is 17.0. The predicted octanol–water partition coefficient (Wildman–Crippen LogP) is 5.53. The fourth-order valence-electron chi connectivity index (χ4n) is 3.05. The fraction of sp³-hybridized carbons (Fsp3) is 0.455. The van der Waals surface area contributed by atoms with Crippen LogP contribution in [-0.4, -0.2) is 27.8 Å². The number of allylic oxidation sites excluding steroid dienone is 1. The summed E-state index contributed by atoms with van der Waals surface area (Å²) < 4.78 is 7.62. The van der Waals surface area contributed by atoms with Gasteiger partial charge in [-0.2, -0.15) is 0 Å². The van der Waals surface area contributed by atoms with Crippen molar-refractivity contribution in [3.8, 4) is 17.1 Å². The van der Waals surface area contributed by atoms with Crippen molar-refractivity contribution >= 4 is 27.8 Å². The number of imidazole rings is 1. The maximum atomic E-state index is 12.3. The Kier molecular flexibility index (Phi) is 7.42. The number of carbonyl (C=O) groups is 1. The molecule has 0 radical (unpaired) electrons. The predicted molar refractivity (Wildman–Crippen MR) is 115 cm³/mol. The van der Waals surface area contributed by atoms with Crippen molar-refractivity contribution in [3.05, 3.63) is 41.2 Å². The highest BCUT2D eigenvalue weighted by molar-refractivity contribution is 9.09. The number of nitrogens with zero attached hydrogens (tertiary/aromatic N) is 2. The zero-order chi connectivity index (χ0) is 20.1. The molecule has 146 valence electrons. The number of carbonyl (C=O) groups excluding carboxylic acids is 1. The van der Waals surface area contributed by atoms with E-state index in [0.29, 0.717) is 11.2 Å². The number of hydrogen-bond acceptors (Lipinski definition) is 3. The van der Waals surface area contributed by atoms with Gasteiger partial charge in [0, 0.05) is 23.4 Å². The van der Waals surface area contributed by atoms with Crippen LogP contribution >= 0.6 is 15.9 Å². The summed E-state index contributed by atoms with van der Waals surface area (Å²) in [6.07, 6.45) is 1.95. The first-order chi connectivity index (χ1) is 12.8. The van der Waals surface area contributed by atoms with Gasteiger partial charge in [-0.15, -0.1) is 0 Å². The second-order valence-electron chi connectivity index (χ2n) is 7.45. The van der Waals surface area contributed by atoms with Crippen molar-refractivity contribution in [2.75, 3.05) is 12.4 Å². The van der Waals surface area contributed by atoms with E-state index in [2.05, 4.69) is 41.3 Å². The van der Waals surface area contributed by atoms with E-state index in [1.807, 2.05) is 44.2 Å². The second-order valence-corrected chi connectivity index (χ2v) is 8.01. The fourth-order valence-corrected chi connectivity index (χ4v) is 3.38. The Morgan fingerprint density at radius 3 is 2.56 bits per heavy atom. The molecule has 1 aromatic heterocycles. The highest BCUT2D eigenvalue weighted by Gasteiger charge is 2.19. The number of methoxy groups -OCH3 is 1. The van der Waals surface area contributed by atoms with Crippen LogP contribution in [0, 0.1) is 18.8 Å². The van der Waals surface area contributed by atoms with Crippen LogP contribution in [0.15, 0.2) is 29.8 Å². The molecule has 1 aromatic carbocycles. The molecule has 0 fully saturated rings. The normalized spacial score (nSPS) is 12.1. The van der Waals surface area contributed by atoms with Crippen LogP contribution in [0.5, 0.6) is 5.75 Å². The molecule has 2 rings (SSSR count). The van der Waals surface area contributed by atoms with Crippen molar-refractivity contribution in [2.45, 2.75) is 41.2 Å². The SMILES string of the molecule is COc1cccc(-c2nc(/C=C(/C(=O)CBr)C(C)C)c(C)n2CC(C)C)c1. The van der Waals surface area contributed by atoms with Gasteiger partial charge >= 0.3 is 0 Å². The molecular formula is C22H29BrN2O2. The number of ether oxygens (including phenoxy) is 1. The molecule has 4 nitrogen and oxygen atoms in total. The van der Waals surface area contributed by atoms with E-state index in [1.165, 1.54) is 0 Å². The standard InChI is InChI=1S/C22H29BrN2O2/c1-14(2)13-25-16(5)20(11-19(15(3)4)21(26)12-23)24-22(25)17-8-7-9-18(10-17)27-6/h7-11,14-15H,12-13H2,1-6H3/b19-11+. The van der Waals surface area contributed by atoms with Crippen molar-refractivity contribution in [1.82, 2.24) is 9.55 Å². The Morgan fingerprint density at radius 2 is 2.00 bits per heavy atom. The number of halogens is 1. The van der Waals surface area contributed by atoms with Gasteiger partial charge in [0.25, 0.3) is 0 Å². The molecule has 0 saturated carbocycles. The van der Waals surface area contributed by atoms with Gasteiger partial charge in [0.1, 0.15) is 11.6 Å².